The molecule has 1 rings (SSSR count). The van der Waals surface area contributed by atoms with E-state index in [0.717, 1.165) is 5.56 Å². The Morgan fingerprint density at radius 1 is 1.75 bits per heavy atom. The highest BCUT2D eigenvalue weighted by Gasteiger charge is 2.13. The topological polar surface area (TPSA) is 53.1 Å². The molecule has 0 fully saturated rings. The van der Waals surface area contributed by atoms with E-state index in [1.807, 2.05) is 13.2 Å². The Kier molecular flexibility index (Phi) is 2.70. The highest BCUT2D eigenvalue weighted by molar-refractivity contribution is 5.27. The minimum Gasteiger partial charge on any atom is -0.480 e. The van der Waals surface area contributed by atoms with Crippen LogP contribution in [0.1, 0.15) is 18.4 Å². The van der Waals surface area contributed by atoms with Gasteiger partial charge in [0, 0.05) is 24.7 Å². The molecule has 0 bridgehead atoms. The van der Waals surface area contributed by atoms with Gasteiger partial charge in [0.05, 0.1) is 7.11 Å². The van der Waals surface area contributed by atoms with Gasteiger partial charge in [0.25, 0.3) is 0 Å². The van der Waals surface area contributed by atoms with Gasteiger partial charge in [-0.2, -0.15) is 0 Å². The Balaban J connectivity index is 2.96. The van der Waals surface area contributed by atoms with Crippen molar-refractivity contribution < 1.29 is 4.74 Å². The van der Waals surface area contributed by atoms with E-state index in [-0.39, 0.29) is 0 Å². The lowest BCUT2D eigenvalue weighted by Crippen LogP contribution is -2.09. The first kappa shape index (κ1) is 9.06. The van der Waals surface area contributed by atoms with Gasteiger partial charge >= 0.3 is 0 Å². The molecule has 68 valence electrons. The minimum atomic E-state index is 0.300. The molecule has 1 unspecified atom stereocenters. The second-order valence-corrected chi connectivity index (χ2v) is 2.90. The highest BCUT2D eigenvalue weighted by Crippen LogP contribution is 2.23. The third-order valence-corrected chi connectivity index (χ3v) is 1.90. The largest absolute Gasteiger partial charge is 0.480 e. The molecule has 0 aliphatic rings. The number of hydrogen-bond acceptors (Lipinski definition) is 3. The summed E-state index contributed by atoms with van der Waals surface area (Å²) in [7, 11) is 3.49. The Morgan fingerprint density at radius 2 is 2.42 bits per heavy atom. The first-order valence-corrected chi connectivity index (χ1v) is 3.96. The fraction of sp³-hybridized carbons (Fsp3) is 0.625. The van der Waals surface area contributed by atoms with Crippen LogP contribution in [-0.4, -0.2) is 23.4 Å². The molecular weight excluding hydrogens is 154 g/mol. The van der Waals surface area contributed by atoms with Crippen molar-refractivity contribution in [1.29, 1.82) is 0 Å². The van der Waals surface area contributed by atoms with E-state index in [1.165, 1.54) is 0 Å². The molecule has 2 N–H and O–H groups in total. The van der Waals surface area contributed by atoms with E-state index in [1.54, 1.807) is 11.8 Å². The van der Waals surface area contributed by atoms with Crippen molar-refractivity contribution in [2.24, 2.45) is 12.8 Å². The van der Waals surface area contributed by atoms with Crippen LogP contribution in [0.5, 0.6) is 5.88 Å². The zero-order valence-electron chi connectivity index (χ0n) is 7.74. The first-order chi connectivity index (χ1) is 5.69. The molecule has 1 heterocycles. The quantitative estimate of drug-likeness (QED) is 0.716. The standard InChI is InChI=1S/C8H15N3O/c1-6(4-9)7-5-11(2)10-8(7)12-3/h5-6H,4,9H2,1-3H3. The van der Waals surface area contributed by atoms with Crippen molar-refractivity contribution in [1.82, 2.24) is 9.78 Å². The van der Waals surface area contributed by atoms with Gasteiger partial charge in [-0.3, -0.25) is 4.68 Å². The Bertz CT molecular complexity index is 257. The second kappa shape index (κ2) is 3.58. The third kappa shape index (κ3) is 1.58. The monoisotopic (exact) mass is 169 g/mol. The number of aryl methyl sites for hydroxylation is 1. The SMILES string of the molecule is COc1nn(C)cc1C(C)CN. The first-order valence-electron chi connectivity index (χ1n) is 3.96. The van der Waals surface area contributed by atoms with Gasteiger partial charge < -0.3 is 10.5 Å². The number of nitrogens with zero attached hydrogens (tertiary/aromatic N) is 2. The molecule has 0 saturated carbocycles. The highest BCUT2D eigenvalue weighted by atomic mass is 16.5. The maximum atomic E-state index is 5.54. The minimum absolute atomic E-state index is 0.300. The number of aromatic nitrogens is 2. The molecular formula is C8H15N3O. The molecule has 1 atom stereocenters. The molecule has 0 aliphatic heterocycles. The van der Waals surface area contributed by atoms with Crippen molar-refractivity contribution >= 4 is 0 Å². The Labute approximate surface area is 72.3 Å². The van der Waals surface area contributed by atoms with Crippen molar-refractivity contribution in [3.8, 4) is 5.88 Å². The van der Waals surface area contributed by atoms with Gasteiger partial charge in [-0.05, 0) is 6.54 Å². The van der Waals surface area contributed by atoms with Crippen LogP contribution in [0, 0.1) is 0 Å². The van der Waals surface area contributed by atoms with E-state index in [9.17, 15) is 0 Å². The van der Waals surface area contributed by atoms with Crippen LogP contribution in [0.4, 0.5) is 0 Å². The van der Waals surface area contributed by atoms with Crippen molar-refractivity contribution in [2.75, 3.05) is 13.7 Å². The van der Waals surface area contributed by atoms with E-state index >= 15 is 0 Å². The van der Waals surface area contributed by atoms with Crippen LogP contribution in [0.2, 0.25) is 0 Å². The Hall–Kier alpha value is -1.03. The molecule has 4 nitrogen and oxygen atoms in total. The average Bonchev–Trinajstić information content (AvgIpc) is 2.45. The fourth-order valence-electron chi connectivity index (χ4n) is 1.11. The second-order valence-electron chi connectivity index (χ2n) is 2.90. The van der Waals surface area contributed by atoms with Crippen LogP contribution < -0.4 is 10.5 Å². The molecule has 0 aliphatic carbocycles. The number of methoxy groups -OCH3 is 1. The molecule has 0 aromatic carbocycles. The van der Waals surface area contributed by atoms with E-state index in [4.69, 9.17) is 10.5 Å². The molecule has 4 heteroatoms. The fourth-order valence-corrected chi connectivity index (χ4v) is 1.11. The van der Waals surface area contributed by atoms with E-state index in [0.29, 0.717) is 18.3 Å². The molecule has 12 heavy (non-hydrogen) atoms. The van der Waals surface area contributed by atoms with Crippen molar-refractivity contribution in [3.05, 3.63) is 11.8 Å². The van der Waals surface area contributed by atoms with Crippen molar-refractivity contribution in [2.45, 2.75) is 12.8 Å². The maximum Gasteiger partial charge on any atom is 0.236 e. The van der Waals surface area contributed by atoms with Crippen LogP contribution >= 0.6 is 0 Å². The normalized spacial score (nSPS) is 13.0. The van der Waals surface area contributed by atoms with Gasteiger partial charge in [0.2, 0.25) is 5.88 Å². The lowest BCUT2D eigenvalue weighted by molar-refractivity contribution is 0.385. The lowest BCUT2D eigenvalue weighted by atomic mass is 10.1. The summed E-state index contributed by atoms with van der Waals surface area (Å²) in [6.07, 6.45) is 1.94. The summed E-state index contributed by atoms with van der Waals surface area (Å²) in [5.74, 6) is 0.976. The number of ether oxygens (including phenoxy) is 1. The van der Waals surface area contributed by atoms with Crippen LogP contribution in [0.25, 0.3) is 0 Å². The van der Waals surface area contributed by atoms with Gasteiger partial charge in [-0.25, -0.2) is 0 Å². The van der Waals surface area contributed by atoms with E-state index in [2.05, 4.69) is 12.0 Å². The van der Waals surface area contributed by atoms with Gasteiger partial charge in [0.1, 0.15) is 0 Å². The summed E-state index contributed by atoms with van der Waals surface area (Å²) in [4.78, 5) is 0. The molecule has 1 aromatic rings. The summed E-state index contributed by atoms with van der Waals surface area (Å²) >= 11 is 0. The average molecular weight is 169 g/mol. The summed E-state index contributed by atoms with van der Waals surface area (Å²) < 4.78 is 6.84. The van der Waals surface area contributed by atoms with Crippen LogP contribution in [-0.2, 0) is 7.05 Å². The maximum absolute atomic E-state index is 5.54. The van der Waals surface area contributed by atoms with Crippen LogP contribution in [0.15, 0.2) is 6.20 Å². The molecule has 0 amide bonds. The van der Waals surface area contributed by atoms with Gasteiger partial charge in [-0.15, -0.1) is 5.10 Å². The molecule has 0 spiro atoms. The third-order valence-electron chi connectivity index (χ3n) is 1.90. The molecule has 1 aromatic heterocycles. The van der Waals surface area contributed by atoms with Gasteiger partial charge in [0.15, 0.2) is 0 Å². The van der Waals surface area contributed by atoms with Crippen LogP contribution in [0.3, 0.4) is 0 Å². The number of nitrogens with two attached hydrogens (primary N) is 1. The van der Waals surface area contributed by atoms with Gasteiger partial charge in [-0.1, -0.05) is 6.92 Å². The molecule has 0 saturated heterocycles. The molecule has 0 radical (unpaired) electrons. The summed E-state index contributed by atoms with van der Waals surface area (Å²) in [6.45, 7) is 2.67. The zero-order valence-corrected chi connectivity index (χ0v) is 7.74. The summed E-state index contributed by atoms with van der Waals surface area (Å²) in [5, 5.41) is 4.14. The van der Waals surface area contributed by atoms with Crippen molar-refractivity contribution in [3.63, 3.8) is 0 Å². The predicted molar refractivity (Wildman–Crippen MR) is 47.2 cm³/mol. The Morgan fingerprint density at radius 3 is 2.92 bits per heavy atom. The summed E-state index contributed by atoms with van der Waals surface area (Å²) in [5.41, 5.74) is 6.62. The van der Waals surface area contributed by atoms with E-state index < -0.39 is 0 Å². The smallest absolute Gasteiger partial charge is 0.236 e. The predicted octanol–water partition coefficient (Wildman–Crippen LogP) is 0.491. The summed E-state index contributed by atoms with van der Waals surface area (Å²) in [6, 6.07) is 0. The number of rotatable bonds is 3. The lowest BCUT2D eigenvalue weighted by Gasteiger charge is -2.06. The zero-order chi connectivity index (χ0) is 9.14. The number of hydrogen-bond donors (Lipinski definition) is 1.